The number of hydrogen-bond acceptors (Lipinski definition) is 3. The first-order valence-corrected chi connectivity index (χ1v) is 6.85. The van der Waals surface area contributed by atoms with Gasteiger partial charge in [-0.25, -0.2) is 12.7 Å². The predicted octanol–water partition coefficient (Wildman–Crippen LogP) is 2.07. The van der Waals surface area contributed by atoms with Crippen molar-refractivity contribution in [3.05, 3.63) is 23.8 Å². The molecule has 0 atom stereocenters. The standard InChI is InChI=1S/C12H19NO3S/c1-9(2)10-6-7-11(16-5)12(8-10)17(14,15)13(3)4/h6-9H,1-5H3. The molecule has 0 radical (unpaired) electrons. The minimum Gasteiger partial charge on any atom is -0.495 e. The molecule has 4 nitrogen and oxygen atoms in total. The van der Waals surface area contributed by atoms with Crippen LogP contribution in [0.2, 0.25) is 0 Å². The number of rotatable bonds is 4. The van der Waals surface area contributed by atoms with Crippen molar-refractivity contribution in [2.75, 3.05) is 21.2 Å². The summed E-state index contributed by atoms with van der Waals surface area (Å²) < 4.78 is 30.6. The van der Waals surface area contributed by atoms with Crippen LogP contribution in [0.15, 0.2) is 23.1 Å². The van der Waals surface area contributed by atoms with Crippen molar-refractivity contribution in [2.24, 2.45) is 0 Å². The minimum absolute atomic E-state index is 0.219. The quantitative estimate of drug-likeness (QED) is 0.829. The molecule has 17 heavy (non-hydrogen) atoms. The highest BCUT2D eigenvalue weighted by Gasteiger charge is 2.22. The fourth-order valence-electron chi connectivity index (χ4n) is 1.45. The van der Waals surface area contributed by atoms with Gasteiger partial charge in [-0.2, -0.15) is 0 Å². The second-order valence-corrected chi connectivity index (χ2v) is 6.47. The van der Waals surface area contributed by atoms with Gasteiger partial charge in [-0.1, -0.05) is 19.9 Å². The zero-order valence-electron chi connectivity index (χ0n) is 10.9. The Morgan fingerprint density at radius 2 is 1.82 bits per heavy atom. The molecular formula is C12H19NO3S. The van der Waals surface area contributed by atoms with E-state index in [-0.39, 0.29) is 10.8 Å². The first kappa shape index (κ1) is 14.0. The Morgan fingerprint density at radius 3 is 2.24 bits per heavy atom. The molecule has 0 unspecified atom stereocenters. The molecule has 5 heteroatoms. The number of ether oxygens (including phenoxy) is 1. The van der Waals surface area contributed by atoms with Crippen LogP contribution in [0.4, 0.5) is 0 Å². The summed E-state index contributed by atoms with van der Waals surface area (Å²) in [5, 5.41) is 0. The maximum Gasteiger partial charge on any atom is 0.246 e. The molecule has 1 aromatic rings. The third-order valence-electron chi connectivity index (χ3n) is 2.61. The van der Waals surface area contributed by atoms with Gasteiger partial charge in [-0.3, -0.25) is 0 Å². The van der Waals surface area contributed by atoms with E-state index in [4.69, 9.17) is 4.74 Å². The van der Waals surface area contributed by atoms with E-state index in [0.717, 1.165) is 5.56 Å². The Balaban J connectivity index is 3.44. The van der Waals surface area contributed by atoms with E-state index >= 15 is 0 Å². The fraction of sp³-hybridized carbons (Fsp3) is 0.500. The summed E-state index contributed by atoms with van der Waals surface area (Å²) >= 11 is 0. The SMILES string of the molecule is COc1ccc(C(C)C)cc1S(=O)(=O)N(C)C. The number of nitrogens with zero attached hydrogens (tertiary/aromatic N) is 1. The first-order valence-electron chi connectivity index (χ1n) is 5.41. The van der Waals surface area contributed by atoms with Gasteiger partial charge in [-0.15, -0.1) is 0 Å². The number of benzene rings is 1. The van der Waals surface area contributed by atoms with E-state index in [9.17, 15) is 8.42 Å². The average molecular weight is 257 g/mol. The number of sulfonamides is 1. The van der Waals surface area contributed by atoms with Gasteiger partial charge in [0.05, 0.1) is 7.11 Å². The number of methoxy groups -OCH3 is 1. The summed E-state index contributed by atoms with van der Waals surface area (Å²) in [6.07, 6.45) is 0. The van der Waals surface area contributed by atoms with Crippen LogP contribution in [0.5, 0.6) is 5.75 Å². The molecule has 0 aliphatic carbocycles. The van der Waals surface area contributed by atoms with Crippen LogP contribution in [-0.4, -0.2) is 33.9 Å². The van der Waals surface area contributed by atoms with E-state index in [1.165, 1.54) is 25.5 Å². The maximum absolute atomic E-state index is 12.1. The second kappa shape index (κ2) is 5.06. The van der Waals surface area contributed by atoms with Gasteiger partial charge in [0.15, 0.2) is 0 Å². The monoisotopic (exact) mass is 257 g/mol. The zero-order chi connectivity index (χ0) is 13.2. The van der Waals surface area contributed by atoms with E-state index < -0.39 is 10.0 Å². The van der Waals surface area contributed by atoms with Gasteiger partial charge in [-0.05, 0) is 23.6 Å². The first-order chi connectivity index (χ1) is 7.80. The van der Waals surface area contributed by atoms with E-state index in [2.05, 4.69) is 0 Å². The van der Waals surface area contributed by atoms with Gasteiger partial charge in [0.2, 0.25) is 10.0 Å². The van der Waals surface area contributed by atoms with Crippen molar-refractivity contribution in [3.8, 4) is 5.75 Å². The van der Waals surface area contributed by atoms with Crippen molar-refractivity contribution in [3.63, 3.8) is 0 Å². The lowest BCUT2D eigenvalue weighted by Gasteiger charge is -2.16. The van der Waals surface area contributed by atoms with Gasteiger partial charge in [0, 0.05) is 14.1 Å². The van der Waals surface area contributed by atoms with Crippen LogP contribution in [0, 0.1) is 0 Å². The van der Waals surface area contributed by atoms with Crippen molar-refractivity contribution in [1.29, 1.82) is 0 Å². The van der Waals surface area contributed by atoms with Crippen LogP contribution in [0.25, 0.3) is 0 Å². The highest BCUT2D eigenvalue weighted by molar-refractivity contribution is 7.89. The number of hydrogen-bond donors (Lipinski definition) is 0. The highest BCUT2D eigenvalue weighted by Crippen LogP contribution is 2.29. The van der Waals surface area contributed by atoms with Gasteiger partial charge < -0.3 is 4.74 Å². The zero-order valence-corrected chi connectivity index (χ0v) is 11.7. The van der Waals surface area contributed by atoms with Crippen LogP contribution < -0.4 is 4.74 Å². The summed E-state index contributed by atoms with van der Waals surface area (Å²) in [6, 6.07) is 5.27. The van der Waals surface area contributed by atoms with E-state index in [1.54, 1.807) is 12.1 Å². The Labute approximate surface area is 103 Å². The highest BCUT2D eigenvalue weighted by atomic mass is 32.2. The van der Waals surface area contributed by atoms with E-state index in [0.29, 0.717) is 5.75 Å². The second-order valence-electron chi connectivity index (χ2n) is 4.35. The normalized spacial score (nSPS) is 12.2. The van der Waals surface area contributed by atoms with Crippen molar-refractivity contribution in [1.82, 2.24) is 4.31 Å². The Morgan fingerprint density at radius 1 is 1.24 bits per heavy atom. The molecule has 0 aliphatic heterocycles. The third kappa shape index (κ3) is 2.79. The molecular weight excluding hydrogens is 238 g/mol. The Bertz CT molecular complexity index is 492. The van der Waals surface area contributed by atoms with Crippen molar-refractivity contribution in [2.45, 2.75) is 24.7 Å². The molecule has 0 bridgehead atoms. The van der Waals surface area contributed by atoms with Crippen molar-refractivity contribution < 1.29 is 13.2 Å². The smallest absolute Gasteiger partial charge is 0.246 e. The molecule has 1 aromatic carbocycles. The molecule has 0 saturated carbocycles. The van der Waals surface area contributed by atoms with Crippen molar-refractivity contribution >= 4 is 10.0 Å². The largest absolute Gasteiger partial charge is 0.495 e. The Hall–Kier alpha value is -1.07. The topological polar surface area (TPSA) is 46.6 Å². The summed E-state index contributed by atoms with van der Waals surface area (Å²) in [5.41, 5.74) is 0.978. The lowest BCUT2D eigenvalue weighted by Crippen LogP contribution is -2.23. The van der Waals surface area contributed by atoms with Gasteiger partial charge >= 0.3 is 0 Å². The molecule has 0 aromatic heterocycles. The van der Waals surface area contributed by atoms with Crippen LogP contribution >= 0.6 is 0 Å². The maximum atomic E-state index is 12.1. The molecule has 0 heterocycles. The molecule has 0 amide bonds. The minimum atomic E-state index is -3.47. The lowest BCUT2D eigenvalue weighted by atomic mass is 10.0. The molecule has 0 fully saturated rings. The molecule has 0 aliphatic rings. The van der Waals surface area contributed by atoms with E-state index in [1.807, 2.05) is 19.9 Å². The molecule has 96 valence electrons. The van der Waals surface area contributed by atoms with Crippen LogP contribution in [-0.2, 0) is 10.0 Å². The van der Waals surface area contributed by atoms with Crippen LogP contribution in [0.1, 0.15) is 25.3 Å². The summed E-state index contributed by atoms with van der Waals surface area (Å²) in [4.78, 5) is 0.219. The third-order valence-corrected chi connectivity index (χ3v) is 4.45. The molecule has 0 saturated heterocycles. The summed E-state index contributed by atoms with van der Waals surface area (Å²) in [6.45, 7) is 4.04. The molecule has 0 N–H and O–H groups in total. The molecule has 1 rings (SSSR count). The summed E-state index contributed by atoms with van der Waals surface area (Å²) in [7, 11) is 1.03. The fourth-order valence-corrected chi connectivity index (χ4v) is 2.53. The van der Waals surface area contributed by atoms with Gasteiger partial charge in [0.1, 0.15) is 10.6 Å². The predicted molar refractivity (Wildman–Crippen MR) is 68.0 cm³/mol. The lowest BCUT2D eigenvalue weighted by molar-refractivity contribution is 0.400. The average Bonchev–Trinajstić information content (AvgIpc) is 2.27. The van der Waals surface area contributed by atoms with Crippen LogP contribution in [0.3, 0.4) is 0 Å². The molecule has 0 spiro atoms. The van der Waals surface area contributed by atoms with Gasteiger partial charge in [0.25, 0.3) is 0 Å². The summed E-state index contributed by atoms with van der Waals surface area (Å²) in [5.74, 6) is 0.653. The Kier molecular flexibility index (Phi) is 4.16.